The SMILES string of the molecule is N#Cc1ccc(C(=O)CCl)cc1F. The van der Waals surface area contributed by atoms with E-state index in [1.54, 1.807) is 6.07 Å². The summed E-state index contributed by atoms with van der Waals surface area (Å²) < 4.78 is 12.9. The third-order valence-electron chi connectivity index (χ3n) is 1.53. The minimum atomic E-state index is -0.696. The van der Waals surface area contributed by atoms with Gasteiger partial charge in [0.15, 0.2) is 5.78 Å². The first kappa shape index (κ1) is 9.69. The van der Waals surface area contributed by atoms with Crippen LogP contribution in [0, 0.1) is 17.1 Å². The van der Waals surface area contributed by atoms with Crippen LogP contribution >= 0.6 is 11.6 Å². The van der Waals surface area contributed by atoms with E-state index in [9.17, 15) is 9.18 Å². The molecule has 13 heavy (non-hydrogen) atoms. The van der Waals surface area contributed by atoms with Crippen LogP contribution in [0.25, 0.3) is 0 Å². The Hall–Kier alpha value is -1.40. The minimum absolute atomic E-state index is 0.0777. The van der Waals surface area contributed by atoms with Gasteiger partial charge in [-0.25, -0.2) is 4.39 Å². The molecule has 1 aromatic rings. The maximum Gasteiger partial charge on any atom is 0.177 e. The summed E-state index contributed by atoms with van der Waals surface area (Å²) in [6, 6.07) is 5.32. The monoisotopic (exact) mass is 197 g/mol. The van der Waals surface area contributed by atoms with Crippen LogP contribution in [0.1, 0.15) is 15.9 Å². The number of ketones is 1. The summed E-state index contributed by atoms with van der Waals surface area (Å²) in [4.78, 5) is 11.0. The fourth-order valence-corrected chi connectivity index (χ4v) is 1.01. The lowest BCUT2D eigenvalue weighted by molar-refractivity contribution is 0.102. The quantitative estimate of drug-likeness (QED) is 0.538. The van der Waals surface area contributed by atoms with Gasteiger partial charge in [-0.15, -0.1) is 11.6 Å². The molecule has 0 aliphatic rings. The molecule has 4 heteroatoms. The summed E-state index contributed by atoms with van der Waals surface area (Å²) in [6.45, 7) is 0. The standard InChI is InChI=1S/C9H5ClFNO/c10-4-9(13)6-1-2-7(5-12)8(11)3-6/h1-3H,4H2. The molecule has 0 bridgehead atoms. The average Bonchev–Trinajstić information content (AvgIpc) is 2.16. The lowest BCUT2D eigenvalue weighted by Crippen LogP contribution is -2.01. The van der Waals surface area contributed by atoms with Crippen LogP contribution in [0.4, 0.5) is 4.39 Å². The van der Waals surface area contributed by atoms with Crippen LogP contribution in [-0.2, 0) is 0 Å². The van der Waals surface area contributed by atoms with Gasteiger partial charge in [0.2, 0.25) is 0 Å². The Morgan fingerprint density at radius 1 is 1.62 bits per heavy atom. The molecule has 0 N–H and O–H groups in total. The topological polar surface area (TPSA) is 40.9 Å². The van der Waals surface area contributed by atoms with Crippen LogP contribution in [0.15, 0.2) is 18.2 Å². The maximum absolute atomic E-state index is 12.9. The minimum Gasteiger partial charge on any atom is -0.293 e. The Morgan fingerprint density at radius 3 is 2.77 bits per heavy atom. The van der Waals surface area contributed by atoms with Gasteiger partial charge in [0.05, 0.1) is 11.4 Å². The van der Waals surface area contributed by atoms with E-state index in [2.05, 4.69) is 0 Å². The van der Waals surface area contributed by atoms with Gasteiger partial charge in [-0.3, -0.25) is 4.79 Å². The molecule has 66 valence electrons. The molecule has 0 aliphatic carbocycles. The molecule has 0 aromatic heterocycles. The average molecular weight is 198 g/mol. The fraction of sp³-hybridized carbons (Fsp3) is 0.111. The van der Waals surface area contributed by atoms with Gasteiger partial charge in [0, 0.05) is 5.56 Å². The summed E-state index contributed by atoms with van der Waals surface area (Å²) in [5.41, 5.74) is 0.109. The number of halogens is 2. The predicted molar refractivity (Wildman–Crippen MR) is 46.2 cm³/mol. The highest BCUT2D eigenvalue weighted by Gasteiger charge is 2.07. The van der Waals surface area contributed by atoms with Crippen LogP contribution in [0.3, 0.4) is 0 Å². The molecule has 0 heterocycles. The molecule has 0 unspecified atom stereocenters. The van der Waals surface area contributed by atoms with Crippen LogP contribution in [-0.4, -0.2) is 11.7 Å². The summed E-state index contributed by atoms with van der Waals surface area (Å²) in [7, 11) is 0. The van der Waals surface area contributed by atoms with E-state index in [1.165, 1.54) is 12.1 Å². The Labute approximate surface area is 79.5 Å². The Bertz CT molecular complexity index is 384. The molecular weight excluding hydrogens is 193 g/mol. The van der Waals surface area contributed by atoms with Gasteiger partial charge in [0.1, 0.15) is 11.9 Å². The van der Waals surface area contributed by atoms with Crippen molar-refractivity contribution >= 4 is 17.4 Å². The van der Waals surface area contributed by atoms with E-state index in [4.69, 9.17) is 16.9 Å². The van der Waals surface area contributed by atoms with Crippen LogP contribution in [0.2, 0.25) is 0 Å². The summed E-state index contributed by atoms with van der Waals surface area (Å²) >= 11 is 5.28. The van der Waals surface area contributed by atoms with Crippen molar-refractivity contribution in [3.05, 3.63) is 35.1 Å². The second-order valence-electron chi connectivity index (χ2n) is 2.36. The first-order valence-corrected chi connectivity index (χ1v) is 4.01. The van der Waals surface area contributed by atoms with Gasteiger partial charge in [-0.1, -0.05) is 0 Å². The number of nitrogens with zero attached hydrogens (tertiary/aromatic N) is 1. The van der Waals surface area contributed by atoms with Crippen LogP contribution < -0.4 is 0 Å². The van der Waals surface area contributed by atoms with Crippen molar-refractivity contribution < 1.29 is 9.18 Å². The number of hydrogen-bond acceptors (Lipinski definition) is 2. The molecule has 0 aliphatic heterocycles. The highest BCUT2D eigenvalue weighted by atomic mass is 35.5. The van der Waals surface area contributed by atoms with Gasteiger partial charge >= 0.3 is 0 Å². The van der Waals surface area contributed by atoms with E-state index in [-0.39, 0.29) is 22.8 Å². The summed E-state index contributed by atoms with van der Waals surface area (Å²) in [5.74, 6) is -1.24. The Kier molecular flexibility index (Phi) is 2.99. The predicted octanol–water partition coefficient (Wildman–Crippen LogP) is 2.12. The lowest BCUT2D eigenvalue weighted by Gasteiger charge is -1.97. The van der Waals surface area contributed by atoms with Crippen molar-refractivity contribution in [2.45, 2.75) is 0 Å². The molecule has 1 aromatic carbocycles. The third kappa shape index (κ3) is 2.04. The van der Waals surface area contributed by atoms with Gasteiger partial charge < -0.3 is 0 Å². The Morgan fingerprint density at radius 2 is 2.31 bits per heavy atom. The molecule has 0 saturated heterocycles. The molecule has 0 spiro atoms. The number of hydrogen-bond donors (Lipinski definition) is 0. The first-order valence-electron chi connectivity index (χ1n) is 3.48. The molecule has 0 saturated carbocycles. The molecule has 0 amide bonds. The number of carbonyl (C=O) groups excluding carboxylic acids is 1. The maximum atomic E-state index is 12.9. The number of rotatable bonds is 2. The normalized spacial score (nSPS) is 9.31. The first-order chi connectivity index (χ1) is 6.19. The fourth-order valence-electron chi connectivity index (χ4n) is 0.856. The molecule has 2 nitrogen and oxygen atoms in total. The molecule has 0 atom stereocenters. The molecule has 0 fully saturated rings. The summed E-state index contributed by atoms with van der Waals surface area (Å²) in [6.07, 6.45) is 0. The highest BCUT2D eigenvalue weighted by Crippen LogP contribution is 2.10. The van der Waals surface area contributed by atoms with E-state index in [0.29, 0.717) is 0 Å². The van der Waals surface area contributed by atoms with Crippen molar-refractivity contribution in [2.75, 3.05) is 5.88 Å². The van der Waals surface area contributed by atoms with Crippen molar-refractivity contribution in [2.24, 2.45) is 0 Å². The number of nitriles is 1. The smallest absolute Gasteiger partial charge is 0.177 e. The number of benzene rings is 1. The lowest BCUT2D eigenvalue weighted by atomic mass is 10.1. The zero-order valence-electron chi connectivity index (χ0n) is 6.55. The largest absolute Gasteiger partial charge is 0.293 e. The molecular formula is C9H5ClFNO. The second kappa shape index (κ2) is 4.01. The third-order valence-corrected chi connectivity index (χ3v) is 1.78. The number of Topliss-reactive ketones (excluding diaryl/α,β-unsaturated/α-hetero) is 1. The van der Waals surface area contributed by atoms with Gasteiger partial charge in [0.25, 0.3) is 0 Å². The highest BCUT2D eigenvalue weighted by molar-refractivity contribution is 6.30. The van der Waals surface area contributed by atoms with Crippen molar-refractivity contribution in [1.29, 1.82) is 5.26 Å². The van der Waals surface area contributed by atoms with Crippen molar-refractivity contribution in [1.82, 2.24) is 0 Å². The zero-order chi connectivity index (χ0) is 9.84. The van der Waals surface area contributed by atoms with Crippen LogP contribution in [0.5, 0.6) is 0 Å². The van der Waals surface area contributed by atoms with E-state index < -0.39 is 5.82 Å². The van der Waals surface area contributed by atoms with Crippen molar-refractivity contribution in [3.63, 3.8) is 0 Å². The van der Waals surface area contributed by atoms with E-state index >= 15 is 0 Å². The molecule has 0 radical (unpaired) electrons. The number of carbonyl (C=O) groups is 1. The summed E-state index contributed by atoms with van der Waals surface area (Å²) in [5, 5.41) is 8.40. The molecule has 1 rings (SSSR count). The van der Waals surface area contributed by atoms with Gasteiger partial charge in [-0.05, 0) is 18.2 Å². The van der Waals surface area contributed by atoms with E-state index in [0.717, 1.165) is 6.07 Å². The van der Waals surface area contributed by atoms with Crippen molar-refractivity contribution in [3.8, 4) is 6.07 Å². The Balaban J connectivity index is 3.11. The van der Waals surface area contributed by atoms with Gasteiger partial charge in [-0.2, -0.15) is 5.26 Å². The number of alkyl halides is 1. The second-order valence-corrected chi connectivity index (χ2v) is 2.63. The van der Waals surface area contributed by atoms with E-state index in [1.807, 2.05) is 0 Å². The zero-order valence-corrected chi connectivity index (χ0v) is 7.31.